The number of amides is 2. The highest BCUT2D eigenvalue weighted by Gasteiger charge is 2.32. The second-order valence-corrected chi connectivity index (χ2v) is 8.41. The molecule has 1 aliphatic heterocycles. The maximum absolute atomic E-state index is 12.8. The minimum atomic E-state index is -0.394. The third-order valence-electron chi connectivity index (χ3n) is 5.56. The molecular formula is C23H25N3O4S. The Morgan fingerprint density at radius 2 is 1.94 bits per heavy atom. The summed E-state index contributed by atoms with van der Waals surface area (Å²) in [6, 6.07) is 11.5. The van der Waals surface area contributed by atoms with E-state index < -0.39 is 5.91 Å². The van der Waals surface area contributed by atoms with Crippen molar-refractivity contribution in [1.29, 1.82) is 0 Å². The molecule has 2 amide bonds. The van der Waals surface area contributed by atoms with Crippen LogP contribution in [0, 0.1) is 0 Å². The molecule has 3 heterocycles. The number of nitrogens with zero attached hydrogens (tertiary/aromatic N) is 2. The molecule has 162 valence electrons. The van der Waals surface area contributed by atoms with Crippen LogP contribution in [-0.4, -0.2) is 48.6 Å². The van der Waals surface area contributed by atoms with Gasteiger partial charge in [0.25, 0.3) is 5.91 Å². The quantitative estimate of drug-likeness (QED) is 0.639. The first-order chi connectivity index (χ1) is 15.0. The van der Waals surface area contributed by atoms with Crippen LogP contribution in [0.3, 0.4) is 0 Å². The Hall–Kier alpha value is -3.10. The van der Waals surface area contributed by atoms with Gasteiger partial charge in [-0.2, -0.15) is 0 Å². The van der Waals surface area contributed by atoms with Gasteiger partial charge in [0.1, 0.15) is 5.69 Å². The minimum Gasteiger partial charge on any atom is -0.493 e. The van der Waals surface area contributed by atoms with Crippen LogP contribution in [0.5, 0.6) is 11.5 Å². The molecule has 1 aliphatic rings. The molecular weight excluding hydrogens is 414 g/mol. The summed E-state index contributed by atoms with van der Waals surface area (Å²) in [5.41, 5.74) is 2.71. The van der Waals surface area contributed by atoms with Gasteiger partial charge in [-0.25, -0.2) is 0 Å². The molecule has 7 nitrogen and oxygen atoms in total. The predicted molar refractivity (Wildman–Crippen MR) is 119 cm³/mol. The van der Waals surface area contributed by atoms with E-state index in [4.69, 9.17) is 9.47 Å². The summed E-state index contributed by atoms with van der Waals surface area (Å²) in [5.74, 6) is 0.643. The lowest BCUT2D eigenvalue weighted by Crippen LogP contribution is -2.44. The minimum absolute atomic E-state index is 0.0977. The third kappa shape index (κ3) is 4.22. The van der Waals surface area contributed by atoms with E-state index in [1.165, 1.54) is 5.56 Å². The molecule has 0 saturated heterocycles. The molecule has 3 aromatic rings. The fourth-order valence-corrected chi connectivity index (χ4v) is 4.94. The number of methoxy groups -OCH3 is 2. The average molecular weight is 440 g/mol. The summed E-state index contributed by atoms with van der Waals surface area (Å²) in [6.45, 7) is 0.809. The van der Waals surface area contributed by atoms with E-state index in [1.54, 1.807) is 55.5 Å². The van der Waals surface area contributed by atoms with Crippen molar-refractivity contribution >= 4 is 23.2 Å². The SMILES string of the molecule is COc1cc2c(cc1OC)[C@H](c1cccs1)N(CC(=O)NC(=O)c1cccn1C)CC2. The van der Waals surface area contributed by atoms with Crippen LogP contribution in [0.4, 0.5) is 0 Å². The van der Waals surface area contributed by atoms with Gasteiger partial charge >= 0.3 is 0 Å². The van der Waals surface area contributed by atoms with Gasteiger partial charge in [-0.3, -0.25) is 19.8 Å². The van der Waals surface area contributed by atoms with E-state index in [9.17, 15) is 9.59 Å². The Morgan fingerprint density at radius 3 is 2.58 bits per heavy atom. The van der Waals surface area contributed by atoms with Gasteiger partial charge in [-0.05, 0) is 53.3 Å². The Bertz CT molecular complexity index is 1090. The van der Waals surface area contributed by atoms with Crippen LogP contribution in [0.15, 0.2) is 48.0 Å². The zero-order chi connectivity index (χ0) is 22.0. The van der Waals surface area contributed by atoms with Crippen LogP contribution in [0.1, 0.15) is 32.5 Å². The van der Waals surface area contributed by atoms with Crippen molar-refractivity contribution in [3.63, 3.8) is 0 Å². The number of carbonyl (C=O) groups excluding carboxylic acids is 2. The summed E-state index contributed by atoms with van der Waals surface area (Å²) in [5, 5.41) is 4.55. The summed E-state index contributed by atoms with van der Waals surface area (Å²) in [7, 11) is 5.02. The topological polar surface area (TPSA) is 72.8 Å². The van der Waals surface area contributed by atoms with Crippen molar-refractivity contribution < 1.29 is 19.1 Å². The van der Waals surface area contributed by atoms with Gasteiger partial charge in [0, 0.05) is 24.7 Å². The molecule has 0 spiro atoms. The second kappa shape index (κ2) is 8.95. The number of nitrogens with one attached hydrogen (secondary N) is 1. The van der Waals surface area contributed by atoms with Crippen LogP contribution in [0.25, 0.3) is 0 Å². The molecule has 0 aliphatic carbocycles. The molecule has 0 bridgehead atoms. The summed E-state index contributed by atoms with van der Waals surface area (Å²) >= 11 is 1.65. The van der Waals surface area contributed by atoms with E-state index in [1.807, 2.05) is 23.6 Å². The van der Waals surface area contributed by atoms with Gasteiger partial charge in [-0.1, -0.05) is 6.07 Å². The number of ether oxygens (including phenoxy) is 2. The number of hydrogen-bond acceptors (Lipinski definition) is 6. The first-order valence-electron chi connectivity index (χ1n) is 9.99. The number of carbonyl (C=O) groups is 2. The normalized spacial score (nSPS) is 15.9. The van der Waals surface area contributed by atoms with E-state index in [0.717, 1.165) is 16.9 Å². The predicted octanol–water partition coefficient (Wildman–Crippen LogP) is 3.01. The molecule has 31 heavy (non-hydrogen) atoms. The lowest BCUT2D eigenvalue weighted by molar-refractivity contribution is -0.121. The van der Waals surface area contributed by atoms with E-state index >= 15 is 0 Å². The Kier molecular flexibility index (Phi) is 6.11. The number of fused-ring (bicyclic) bond motifs is 1. The van der Waals surface area contributed by atoms with Crippen molar-refractivity contribution in [3.05, 3.63) is 69.7 Å². The molecule has 1 aromatic carbocycles. The maximum atomic E-state index is 12.8. The molecule has 4 rings (SSSR count). The molecule has 1 N–H and O–H groups in total. The largest absolute Gasteiger partial charge is 0.493 e. The molecule has 0 unspecified atom stereocenters. The number of aryl methyl sites for hydroxylation is 1. The highest BCUT2D eigenvalue weighted by Crippen LogP contribution is 2.42. The number of rotatable bonds is 6. The monoisotopic (exact) mass is 439 g/mol. The zero-order valence-corrected chi connectivity index (χ0v) is 18.6. The highest BCUT2D eigenvalue weighted by atomic mass is 32.1. The lowest BCUT2D eigenvalue weighted by atomic mass is 9.91. The van der Waals surface area contributed by atoms with E-state index in [-0.39, 0.29) is 18.5 Å². The van der Waals surface area contributed by atoms with Gasteiger partial charge in [-0.15, -0.1) is 11.3 Å². The molecule has 0 radical (unpaired) electrons. The number of aromatic nitrogens is 1. The third-order valence-corrected chi connectivity index (χ3v) is 6.49. The van der Waals surface area contributed by atoms with Crippen molar-refractivity contribution in [3.8, 4) is 11.5 Å². The smallest absolute Gasteiger partial charge is 0.274 e. The summed E-state index contributed by atoms with van der Waals surface area (Å²) < 4.78 is 12.7. The van der Waals surface area contributed by atoms with Gasteiger partial charge in [0.15, 0.2) is 11.5 Å². The van der Waals surface area contributed by atoms with Crippen molar-refractivity contribution in [2.75, 3.05) is 27.3 Å². The number of imide groups is 1. The van der Waals surface area contributed by atoms with Gasteiger partial charge in [0.2, 0.25) is 5.91 Å². The first kappa shape index (κ1) is 21.1. The van der Waals surface area contributed by atoms with Crippen molar-refractivity contribution in [1.82, 2.24) is 14.8 Å². The van der Waals surface area contributed by atoms with Gasteiger partial charge < -0.3 is 14.0 Å². The number of benzene rings is 1. The van der Waals surface area contributed by atoms with E-state index in [2.05, 4.69) is 16.3 Å². The Balaban J connectivity index is 1.60. The lowest BCUT2D eigenvalue weighted by Gasteiger charge is -2.36. The Labute approximate surface area is 185 Å². The summed E-state index contributed by atoms with van der Waals surface area (Å²) in [4.78, 5) is 28.4. The maximum Gasteiger partial charge on any atom is 0.274 e. The molecule has 2 aromatic heterocycles. The van der Waals surface area contributed by atoms with Crippen molar-refractivity contribution in [2.24, 2.45) is 7.05 Å². The van der Waals surface area contributed by atoms with Gasteiger partial charge in [0.05, 0.1) is 26.8 Å². The standard InChI is InChI=1S/C23H25N3O4S/c1-25-9-4-6-17(25)23(28)24-21(27)14-26-10-8-15-12-18(29-2)19(30-3)13-16(15)22(26)20-7-5-11-31-20/h4-7,9,11-13,22H,8,10,14H2,1-3H3,(H,24,27,28)/t22-/m1/s1. The second-order valence-electron chi connectivity index (χ2n) is 7.43. The number of thiophene rings is 1. The summed E-state index contributed by atoms with van der Waals surface area (Å²) in [6.07, 6.45) is 2.55. The highest BCUT2D eigenvalue weighted by molar-refractivity contribution is 7.10. The zero-order valence-electron chi connectivity index (χ0n) is 17.8. The fourth-order valence-electron chi connectivity index (χ4n) is 4.06. The van der Waals surface area contributed by atoms with Crippen LogP contribution >= 0.6 is 11.3 Å². The molecule has 0 saturated carbocycles. The van der Waals surface area contributed by atoms with Crippen molar-refractivity contribution in [2.45, 2.75) is 12.5 Å². The van der Waals surface area contributed by atoms with Crippen LogP contribution in [0.2, 0.25) is 0 Å². The molecule has 1 atom stereocenters. The molecule has 0 fully saturated rings. The Morgan fingerprint density at radius 1 is 1.16 bits per heavy atom. The fraction of sp³-hybridized carbons (Fsp3) is 0.304. The average Bonchev–Trinajstić information content (AvgIpc) is 3.44. The van der Waals surface area contributed by atoms with Crippen LogP contribution < -0.4 is 14.8 Å². The van der Waals surface area contributed by atoms with E-state index in [0.29, 0.717) is 23.7 Å². The van der Waals surface area contributed by atoms with Crippen LogP contribution in [-0.2, 0) is 18.3 Å². The molecule has 8 heteroatoms. The number of hydrogen-bond donors (Lipinski definition) is 1. The first-order valence-corrected chi connectivity index (χ1v) is 10.9.